The zero-order valence-corrected chi connectivity index (χ0v) is 18.6. The summed E-state index contributed by atoms with van der Waals surface area (Å²) in [5.41, 5.74) is 1.18. The molecule has 1 saturated heterocycles. The highest BCUT2D eigenvalue weighted by Crippen LogP contribution is 2.23. The van der Waals surface area contributed by atoms with Gasteiger partial charge in [-0.1, -0.05) is 12.1 Å². The van der Waals surface area contributed by atoms with Gasteiger partial charge in [0.25, 0.3) is 10.9 Å². The van der Waals surface area contributed by atoms with Gasteiger partial charge in [0.1, 0.15) is 17.2 Å². The monoisotopic (exact) mass is 436 g/mol. The molecule has 2 heterocycles. The van der Waals surface area contributed by atoms with Crippen LogP contribution in [0.1, 0.15) is 26.3 Å². The molecule has 1 fully saturated rings. The van der Waals surface area contributed by atoms with Crippen LogP contribution in [0.2, 0.25) is 0 Å². The molecule has 1 aliphatic rings. The molecule has 9 nitrogen and oxygen atoms in total. The average molecular weight is 437 g/mol. The van der Waals surface area contributed by atoms with Gasteiger partial charge in [-0.25, -0.2) is 4.98 Å². The highest BCUT2D eigenvalue weighted by atomic mass is 16.5. The molecule has 9 heteroatoms. The summed E-state index contributed by atoms with van der Waals surface area (Å²) in [6.45, 7) is 10.1. The molecular formula is C23H28N6O3. The maximum atomic E-state index is 12.0. The van der Waals surface area contributed by atoms with Crippen molar-refractivity contribution in [3.05, 3.63) is 62.5 Å². The Morgan fingerprint density at radius 1 is 0.969 bits per heavy atom. The van der Waals surface area contributed by atoms with Crippen molar-refractivity contribution in [1.29, 1.82) is 0 Å². The summed E-state index contributed by atoms with van der Waals surface area (Å²) < 4.78 is 5.39. The molecule has 3 aromatic rings. The molecule has 0 saturated carbocycles. The summed E-state index contributed by atoms with van der Waals surface area (Å²) in [6.07, 6.45) is 1.59. The van der Waals surface area contributed by atoms with E-state index in [2.05, 4.69) is 43.0 Å². The lowest BCUT2D eigenvalue weighted by atomic mass is 10.1. The molecule has 0 aliphatic carbocycles. The van der Waals surface area contributed by atoms with Crippen molar-refractivity contribution in [3.8, 4) is 0 Å². The van der Waals surface area contributed by atoms with E-state index in [9.17, 15) is 9.59 Å². The number of hydrogen-bond donors (Lipinski definition) is 3. The second-order valence-electron chi connectivity index (χ2n) is 8.88. The van der Waals surface area contributed by atoms with Gasteiger partial charge < -0.3 is 20.7 Å². The number of aromatic nitrogens is 2. The molecule has 0 amide bonds. The minimum Gasteiger partial charge on any atom is -0.379 e. The maximum Gasteiger partial charge on any atom is 0.253 e. The zero-order chi connectivity index (χ0) is 22.7. The predicted molar refractivity (Wildman–Crippen MR) is 126 cm³/mol. The van der Waals surface area contributed by atoms with Gasteiger partial charge in [0.2, 0.25) is 5.95 Å². The van der Waals surface area contributed by atoms with E-state index in [4.69, 9.17) is 4.74 Å². The second kappa shape index (κ2) is 9.05. The largest absolute Gasteiger partial charge is 0.379 e. The van der Waals surface area contributed by atoms with E-state index in [1.54, 1.807) is 12.3 Å². The maximum absolute atomic E-state index is 12.0. The molecule has 1 aliphatic heterocycles. The van der Waals surface area contributed by atoms with Crippen LogP contribution in [0.3, 0.4) is 0 Å². The molecule has 0 bridgehead atoms. The summed E-state index contributed by atoms with van der Waals surface area (Å²) in [4.78, 5) is 35.0. The predicted octanol–water partition coefficient (Wildman–Crippen LogP) is 2.60. The Labute approximate surface area is 186 Å². The van der Waals surface area contributed by atoms with Crippen molar-refractivity contribution >= 4 is 28.8 Å². The lowest BCUT2D eigenvalue weighted by molar-refractivity contribution is 0.0342. The van der Waals surface area contributed by atoms with E-state index in [0.29, 0.717) is 11.8 Å². The first-order chi connectivity index (χ1) is 15.3. The van der Waals surface area contributed by atoms with Crippen LogP contribution in [0.25, 0.3) is 0 Å². The molecule has 3 N–H and O–H groups in total. The molecule has 2 aromatic carbocycles. The number of benzene rings is 1. The smallest absolute Gasteiger partial charge is 0.253 e. The number of hydrogen-bond acceptors (Lipinski definition) is 9. The third-order valence-electron chi connectivity index (χ3n) is 5.04. The summed E-state index contributed by atoms with van der Waals surface area (Å²) >= 11 is 0. The fraction of sp³-hybridized carbons (Fsp3) is 0.391. The average Bonchev–Trinajstić information content (AvgIpc) is 2.77. The van der Waals surface area contributed by atoms with Crippen LogP contribution in [0.5, 0.6) is 0 Å². The molecule has 0 radical (unpaired) electrons. The highest BCUT2D eigenvalue weighted by molar-refractivity contribution is 5.78. The molecule has 0 atom stereocenters. The highest BCUT2D eigenvalue weighted by Gasteiger charge is 2.25. The molecule has 168 valence electrons. The number of nitrogens with zero attached hydrogens (tertiary/aromatic N) is 3. The van der Waals surface area contributed by atoms with Crippen LogP contribution in [-0.4, -0.2) is 46.7 Å². The first-order valence-electron chi connectivity index (χ1n) is 10.7. The third-order valence-corrected chi connectivity index (χ3v) is 5.04. The summed E-state index contributed by atoms with van der Waals surface area (Å²) in [5.74, 6) is 0.815. The van der Waals surface area contributed by atoms with Crippen molar-refractivity contribution in [3.63, 3.8) is 0 Å². The normalized spacial score (nSPS) is 15.0. The Kier molecular flexibility index (Phi) is 6.20. The fourth-order valence-corrected chi connectivity index (χ4v) is 3.46. The van der Waals surface area contributed by atoms with Crippen molar-refractivity contribution in [1.82, 2.24) is 14.9 Å². The van der Waals surface area contributed by atoms with Crippen LogP contribution in [0.4, 0.5) is 28.8 Å². The van der Waals surface area contributed by atoms with Gasteiger partial charge in [0.15, 0.2) is 0 Å². The zero-order valence-electron chi connectivity index (χ0n) is 18.6. The molecule has 4 rings (SSSR count). The van der Waals surface area contributed by atoms with E-state index in [0.717, 1.165) is 38.5 Å². The second-order valence-corrected chi connectivity index (χ2v) is 8.88. The van der Waals surface area contributed by atoms with Crippen molar-refractivity contribution in [2.24, 2.45) is 0 Å². The Morgan fingerprint density at radius 2 is 1.66 bits per heavy atom. The quantitative estimate of drug-likeness (QED) is 0.482. The summed E-state index contributed by atoms with van der Waals surface area (Å²) in [6, 6.07) is 9.78. The Hall–Kier alpha value is -3.30. The number of rotatable bonds is 7. The molecule has 32 heavy (non-hydrogen) atoms. The van der Waals surface area contributed by atoms with Gasteiger partial charge in [-0.2, -0.15) is 4.98 Å². The van der Waals surface area contributed by atoms with E-state index in [1.807, 2.05) is 32.9 Å². The van der Waals surface area contributed by atoms with Crippen LogP contribution in [-0.2, 0) is 11.3 Å². The SMILES string of the molecule is CC(C)(C)Nc1c(Nc2ccnc(Nc3ccc(CN4CCOCC4)cc3)n2)c(=O)c1=O. The van der Waals surface area contributed by atoms with Crippen LogP contribution in [0, 0.1) is 0 Å². The van der Waals surface area contributed by atoms with Crippen molar-refractivity contribution < 1.29 is 4.74 Å². The first kappa shape index (κ1) is 21.9. The standard InChI is InChI=1S/C23H28N6O3/c1-23(2,3)28-19-18(20(30)21(19)31)26-17-8-9-24-22(27-17)25-16-6-4-15(5-7-16)14-29-10-12-32-13-11-29/h4-9,28H,10-14H2,1-3H3,(H2,24,25,26,27). The van der Waals surface area contributed by atoms with Crippen molar-refractivity contribution in [2.75, 3.05) is 42.3 Å². The van der Waals surface area contributed by atoms with Gasteiger partial charge >= 0.3 is 0 Å². The Balaban J connectivity index is 1.41. The molecule has 1 aromatic heterocycles. The first-order valence-corrected chi connectivity index (χ1v) is 10.7. The van der Waals surface area contributed by atoms with Crippen LogP contribution >= 0.6 is 0 Å². The summed E-state index contributed by atoms with van der Waals surface area (Å²) in [7, 11) is 0. The number of ether oxygens (including phenoxy) is 1. The van der Waals surface area contributed by atoms with Gasteiger partial charge in [-0.05, 0) is 44.5 Å². The minimum absolute atomic E-state index is 0.224. The van der Waals surface area contributed by atoms with Crippen LogP contribution in [0.15, 0.2) is 46.1 Å². The molecule has 0 unspecified atom stereocenters. The number of nitrogens with one attached hydrogen (secondary N) is 3. The Morgan fingerprint density at radius 3 is 2.34 bits per heavy atom. The van der Waals surface area contributed by atoms with Crippen molar-refractivity contribution in [2.45, 2.75) is 32.9 Å². The van der Waals surface area contributed by atoms with E-state index >= 15 is 0 Å². The lowest BCUT2D eigenvalue weighted by Gasteiger charge is -2.26. The van der Waals surface area contributed by atoms with E-state index < -0.39 is 10.9 Å². The topological polar surface area (TPSA) is 108 Å². The molecule has 0 spiro atoms. The molecular weight excluding hydrogens is 408 g/mol. The lowest BCUT2D eigenvalue weighted by Crippen LogP contribution is -2.41. The third kappa shape index (κ3) is 5.30. The Bertz CT molecular complexity index is 1140. The number of anilines is 5. The van der Waals surface area contributed by atoms with Gasteiger partial charge in [-0.3, -0.25) is 14.5 Å². The van der Waals surface area contributed by atoms with E-state index in [1.165, 1.54) is 5.56 Å². The number of morpholine rings is 1. The van der Waals surface area contributed by atoms with E-state index in [-0.39, 0.29) is 16.9 Å². The van der Waals surface area contributed by atoms with Gasteiger partial charge in [0, 0.05) is 37.1 Å². The fourth-order valence-electron chi connectivity index (χ4n) is 3.46. The minimum atomic E-state index is -0.555. The van der Waals surface area contributed by atoms with Gasteiger partial charge in [-0.15, -0.1) is 0 Å². The summed E-state index contributed by atoms with van der Waals surface area (Å²) in [5, 5.41) is 9.20. The van der Waals surface area contributed by atoms with Crippen LogP contribution < -0.4 is 26.8 Å². The van der Waals surface area contributed by atoms with Gasteiger partial charge in [0.05, 0.1) is 13.2 Å².